The molecule has 2 atom stereocenters. The number of aromatic amines is 1. The van der Waals surface area contributed by atoms with Crippen molar-refractivity contribution in [3.63, 3.8) is 0 Å². The number of hydrogen-bond acceptors (Lipinski definition) is 4. The molecule has 5 heteroatoms. The molecule has 2 heterocycles. The summed E-state index contributed by atoms with van der Waals surface area (Å²) in [6.07, 6.45) is 6.20. The molecule has 0 aliphatic rings. The van der Waals surface area contributed by atoms with E-state index in [1.54, 1.807) is 7.11 Å². The molecule has 0 amide bonds. The quantitative estimate of drug-likeness (QED) is 0.257. The maximum atomic E-state index is 13.0. The van der Waals surface area contributed by atoms with E-state index in [2.05, 4.69) is 52.3 Å². The summed E-state index contributed by atoms with van der Waals surface area (Å²) < 4.78 is 5.82. The van der Waals surface area contributed by atoms with Crippen molar-refractivity contribution in [2.75, 3.05) is 27.7 Å². The average molecular weight is 492 g/mol. The molecule has 2 N–H and O–H groups in total. The first-order valence-electron chi connectivity index (χ1n) is 12.6. The van der Waals surface area contributed by atoms with Crippen LogP contribution >= 0.6 is 0 Å². The van der Waals surface area contributed by atoms with Gasteiger partial charge in [-0.3, -0.25) is 0 Å². The molecule has 0 fully saturated rings. The first-order valence-corrected chi connectivity index (χ1v) is 12.6. The van der Waals surface area contributed by atoms with Crippen molar-refractivity contribution in [3.05, 3.63) is 120 Å². The van der Waals surface area contributed by atoms with Gasteiger partial charge in [0.25, 0.3) is 0 Å². The fourth-order valence-electron chi connectivity index (χ4n) is 5.30. The van der Waals surface area contributed by atoms with Crippen LogP contribution in [-0.4, -0.2) is 47.7 Å². The second kappa shape index (κ2) is 10.6. The van der Waals surface area contributed by atoms with Crippen molar-refractivity contribution in [1.82, 2.24) is 14.9 Å². The Morgan fingerprint density at radius 2 is 1.70 bits per heavy atom. The molecule has 5 nitrogen and oxygen atoms in total. The van der Waals surface area contributed by atoms with Gasteiger partial charge in [0.1, 0.15) is 5.60 Å². The van der Waals surface area contributed by atoms with Crippen LogP contribution < -0.4 is 4.74 Å². The maximum absolute atomic E-state index is 13.0. The Balaban J connectivity index is 1.81. The lowest BCUT2D eigenvalue weighted by molar-refractivity contribution is 0.00517. The van der Waals surface area contributed by atoms with Crippen LogP contribution in [0.1, 0.15) is 29.0 Å². The van der Waals surface area contributed by atoms with Gasteiger partial charge < -0.3 is 19.7 Å². The Hall–Kier alpha value is -3.93. The van der Waals surface area contributed by atoms with Crippen LogP contribution in [-0.2, 0) is 5.60 Å². The van der Waals surface area contributed by atoms with E-state index in [0.717, 1.165) is 38.6 Å². The van der Waals surface area contributed by atoms with E-state index >= 15 is 0 Å². The molecule has 0 aliphatic heterocycles. The Morgan fingerprint density at radius 1 is 0.946 bits per heavy atom. The summed E-state index contributed by atoms with van der Waals surface area (Å²) in [6, 6.07) is 28.8. The second-order valence-electron chi connectivity index (χ2n) is 9.77. The summed E-state index contributed by atoms with van der Waals surface area (Å²) in [5, 5.41) is 15.2. The molecule has 2 unspecified atom stereocenters. The smallest absolute Gasteiger partial charge is 0.217 e. The number of aliphatic hydroxyl groups is 1. The lowest BCUT2D eigenvalue weighted by Crippen LogP contribution is -2.38. The highest BCUT2D eigenvalue weighted by Crippen LogP contribution is 2.48. The number of benzene rings is 3. The van der Waals surface area contributed by atoms with E-state index in [-0.39, 0.29) is 0 Å². The van der Waals surface area contributed by atoms with Crippen LogP contribution in [0.25, 0.3) is 21.9 Å². The number of ether oxygens (including phenoxy) is 1. The van der Waals surface area contributed by atoms with Crippen molar-refractivity contribution < 1.29 is 9.84 Å². The highest BCUT2D eigenvalue weighted by atomic mass is 16.5. The van der Waals surface area contributed by atoms with Crippen LogP contribution in [0.2, 0.25) is 0 Å². The molecule has 3 aromatic carbocycles. The Labute approximate surface area is 218 Å². The highest BCUT2D eigenvalue weighted by molar-refractivity contribution is 5.86. The third-order valence-electron chi connectivity index (χ3n) is 7.12. The number of aromatic nitrogens is 2. The standard InChI is InChI=1S/C32H33N3O2/c1-35(2)19-17-32(36,29-15-9-13-23-10-7-8-14-27(23)29)30(24-11-5-4-6-12-24)28-20-26(22-34-31(28)37-3)25-16-18-33-21-25/h4-16,18,20-22,30,33,36H,17,19H2,1-3H3. The van der Waals surface area contributed by atoms with Gasteiger partial charge in [0, 0.05) is 47.7 Å². The van der Waals surface area contributed by atoms with Gasteiger partial charge in [-0.25, -0.2) is 4.98 Å². The molecule has 0 spiro atoms. The first-order chi connectivity index (χ1) is 18.0. The molecular formula is C32H33N3O2. The average Bonchev–Trinajstić information content (AvgIpc) is 3.47. The Bertz CT molecular complexity index is 1460. The van der Waals surface area contributed by atoms with Crippen molar-refractivity contribution in [2.45, 2.75) is 17.9 Å². The Kier molecular flexibility index (Phi) is 7.08. The minimum absolute atomic E-state index is 0.430. The van der Waals surface area contributed by atoms with Crippen LogP contribution in [0, 0.1) is 0 Å². The van der Waals surface area contributed by atoms with Gasteiger partial charge in [0.2, 0.25) is 5.88 Å². The van der Waals surface area contributed by atoms with E-state index in [0.29, 0.717) is 18.8 Å². The summed E-state index contributed by atoms with van der Waals surface area (Å²) in [4.78, 5) is 9.95. The van der Waals surface area contributed by atoms with Gasteiger partial charge in [-0.2, -0.15) is 0 Å². The van der Waals surface area contributed by atoms with Gasteiger partial charge in [-0.05, 0) is 54.5 Å². The van der Waals surface area contributed by atoms with Gasteiger partial charge in [-0.15, -0.1) is 0 Å². The SMILES string of the molecule is COc1ncc(-c2cc[nH]c2)cc1C(c1ccccc1)C(O)(CCN(C)C)c1cccc2ccccc12. The number of pyridine rings is 1. The van der Waals surface area contributed by atoms with E-state index in [1.165, 1.54) is 0 Å². The van der Waals surface area contributed by atoms with E-state index in [9.17, 15) is 5.11 Å². The normalized spacial score (nSPS) is 14.0. The minimum atomic E-state index is -1.25. The molecule has 0 saturated heterocycles. The lowest BCUT2D eigenvalue weighted by Gasteiger charge is -2.39. The zero-order valence-corrected chi connectivity index (χ0v) is 21.6. The maximum Gasteiger partial charge on any atom is 0.217 e. The van der Waals surface area contributed by atoms with Gasteiger partial charge in [0.05, 0.1) is 7.11 Å². The highest BCUT2D eigenvalue weighted by Gasteiger charge is 2.43. The topological polar surface area (TPSA) is 61.4 Å². The molecule has 0 aliphatic carbocycles. The van der Waals surface area contributed by atoms with E-state index in [4.69, 9.17) is 9.72 Å². The Morgan fingerprint density at radius 3 is 2.43 bits per heavy atom. The van der Waals surface area contributed by atoms with Gasteiger partial charge >= 0.3 is 0 Å². The van der Waals surface area contributed by atoms with Crippen molar-refractivity contribution in [2.24, 2.45) is 0 Å². The molecule has 2 aromatic heterocycles. The van der Waals surface area contributed by atoms with Crippen LogP contribution in [0.4, 0.5) is 0 Å². The zero-order chi connectivity index (χ0) is 25.8. The van der Waals surface area contributed by atoms with E-state index in [1.807, 2.05) is 75.2 Å². The molecular weight excluding hydrogens is 458 g/mol. The largest absolute Gasteiger partial charge is 0.481 e. The molecule has 37 heavy (non-hydrogen) atoms. The van der Waals surface area contributed by atoms with Crippen molar-refractivity contribution in [1.29, 1.82) is 0 Å². The predicted molar refractivity (Wildman–Crippen MR) is 150 cm³/mol. The number of methoxy groups -OCH3 is 1. The minimum Gasteiger partial charge on any atom is -0.481 e. The summed E-state index contributed by atoms with van der Waals surface area (Å²) in [5.74, 6) is 0.0810. The molecule has 0 radical (unpaired) electrons. The number of nitrogens with one attached hydrogen (secondary N) is 1. The summed E-state index contributed by atoms with van der Waals surface area (Å²) in [5.41, 5.74) is 3.49. The van der Waals surface area contributed by atoms with Crippen molar-refractivity contribution in [3.8, 4) is 17.0 Å². The molecule has 5 aromatic rings. The number of fused-ring (bicyclic) bond motifs is 1. The second-order valence-corrected chi connectivity index (χ2v) is 9.77. The van der Waals surface area contributed by atoms with Gasteiger partial charge in [-0.1, -0.05) is 72.8 Å². The number of nitrogens with zero attached hydrogens (tertiary/aromatic N) is 2. The number of H-pyrrole nitrogens is 1. The zero-order valence-electron chi connectivity index (χ0n) is 21.6. The first kappa shape index (κ1) is 24.8. The third-order valence-corrected chi connectivity index (χ3v) is 7.12. The van der Waals surface area contributed by atoms with Crippen LogP contribution in [0.15, 0.2) is 104 Å². The fraction of sp³-hybridized carbons (Fsp3) is 0.219. The number of rotatable bonds is 9. The summed E-state index contributed by atoms with van der Waals surface area (Å²) in [7, 11) is 5.71. The molecule has 188 valence electrons. The fourth-order valence-corrected chi connectivity index (χ4v) is 5.30. The molecule has 0 bridgehead atoms. The number of hydrogen-bond donors (Lipinski definition) is 2. The summed E-state index contributed by atoms with van der Waals surface area (Å²) >= 11 is 0. The predicted octanol–water partition coefficient (Wildman–Crippen LogP) is 6.21. The van der Waals surface area contributed by atoms with E-state index < -0.39 is 11.5 Å². The third kappa shape index (κ3) is 4.88. The van der Waals surface area contributed by atoms with Crippen LogP contribution in [0.5, 0.6) is 5.88 Å². The summed E-state index contributed by atoms with van der Waals surface area (Å²) in [6.45, 7) is 0.705. The van der Waals surface area contributed by atoms with Gasteiger partial charge in [0.15, 0.2) is 0 Å². The lowest BCUT2D eigenvalue weighted by atomic mass is 9.70. The molecule has 0 saturated carbocycles. The molecule has 5 rings (SSSR count). The van der Waals surface area contributed by atoms with Crippen LogP contribution in [0.3, 0.4) is 0 Å². The van der Waals surface area contributed by atoms with Crippen molar-refractivity contribution >= 4 is 10.8 Å². The monoisotopic (exact) mass is 491 g/mol.